The molecule has 0 aliphatic rings. The first-order chi connectivity index (χ1) is 8.74. The molecule has 0 aliphatic heterocycles. The largest absolute Gasteiger partial charge is 0.385 e. The van der Waals surface area contributed by atoms with Gasteiger partial charge >= 0.3 is 0 Å². The van der Waals surface area contributed by atoms with Gasteiger partial charge in [-0.05, 0) is 13.3 Å². The van der Waals surface area contributed by atoms with Crippen molar-refractivity contribution in [1.82, 2.24) is 15.1 Å². The molecule has 0 fully saturated rings. The summed E-state index contributed by atoms with van der Waals surface area (Å²) >= 11 is 1.50. The van der Waals surface area contributed by atoms with Crippen molar-refractivity contribution in [2.45, 2.75) is 26.3 Å². The number of aromatic nitrogens is 3. The molecule has 0 saturated carbocycles. The van der Waals surface area contributed by atoms with Gasteiger partial charge in [0.05, 0.1) is 5.69 Å². The van der Waals surface area contributed by atoms with E-state index in [0.29, 0.717) is 24.9 Å². The Kier molecular flexibility index (Phi) is 4.40. The third kappa shape index (κ3) is 2.92. The average Bonchev–Trinajstić information content (AvgIpc) is 2.96. The Morgan fingerprint density at radius 2 is 2.22 bits per heavy atom. The van der Waals surface area contributed by atoms with Crippen molar-refractivity contribution in [2.24, 2.45) is 5.73 Å². The fourth-order valence-electron chi connectivity index (χ4n) is 1.56. The van der Waals surface area contributed by atoms with Gasteiger partial charge in [-0.15, -0.1) is 11.3 Å². The van der Waals surface area contributed by atoms with Gasteiger partial charge in [-0.25, -0.2) is 4.98 Å². The molecule has 2 heterocycles. The molecule has 98 valence electrons. The van der Waals surface area contributed by atoms with Crippen LogP contribution in [0, 0.1) is 6.92 Å². The van der Waals surface area contributed by atoms with E-state index in [0.717, 1.165) is 28.4 Å². The van der Waals surface area contributed by atoms with E-state index in [1.165, 1.54) is 11.3 Å². The molecule has 2 rings (SSSR count). The van der Waals surface area contributed by atoms with Crippen LogP contribution in [0.25, 0.3) is 10.8 Å². The second-order valence-corrected chi connectivity index (χ2v) is 4.92. The molecule has 2 aromatic rings. The fourth-order valence-corrected chi connectivity index (χ4v) is 2.43. The molecule has 18 heavy (non-hydrogen) atoms. The minimum Gasteiger partial charge on any atom is -0.385 e. The van der Waals surface area contributed by atoms with Gasteiger partial charge in [0.25, 0.3) is 5.89 Å². The van der Waals surface area contributed by atoms with Crippen LogP contribution in [-0.2, 0) is 17.7 Å². The summed E-state index contributed by atoms with van der Waals surface area (Å²) in [5, 5.41) is 4.82. The van der Waals surface area contributed by atoms with E-state index in [4.69, 9.17) is 15.0 Å². The Hall–Kier alpha value is -1.31. The molecule has 2 N–H and O–H groups in total. The molecule has 0 radical (unpaired) electrons. The third-order valence-electron chi connectivity index (χ3n) is 2.43. The summed E-state index contributed by atoms with van der Waals surface area (Å²) in [5.74, 6) is 1.22. The van der Waals surface area contributed by atoms with Crippen molar-refractivity contribution in [3.63, 3.8) is 0 Å². The quantitative estimate of drug-likeness (QED) is 0.800. The molecular formula is C11H16N4O2S. The number of rotatable bonds is 6. The molecule has 0 atom stereocenters. The Morgan fingerprint density at radius 3 is 2.89 bits per heavy atom. The first-order valence-electron chi connectivity index (χ1n) is 5.73. The van der Waals surface area contributed by atoms with Crippen molar-refractivity contribution in [3.8, 4) is 10.8 Å². The predicted octanol–water partition coefficient (Wildman–Crippen LogP) is 1.54. The third-order valence-corrected chi connectivity index (χ3v) is 3.59. The Labute approximate surface area is 109 Å². The smallest absolute Gasteiger partial charge is 0.269 e. The van der Waals surface area contributed by atoms with Crippen LogP contribution in [0.5, 0.6) is 0 Å². The summed E-state index contributed by atoms with van der Waals surface area (Å²) in [7, 11) is 1.68. The number of hydrogen-bond donors (Lipinski definition) is 1. The van der Waals surface area contributed by atoms with E-state index >= 15 is 0 Å². The van der Waals surface area contributed by atoms with Gasteiger partial charge < -0.3 is 15.0 Å². The summed E-state index contributed by atoms with van der Waals surface area (Å²) in [6.07, 6.45) is 1.63. The average molecular weight is 268 g/mol. The number of hydrogen-bond acceptors (Lipinski definition) is 7. The zero-order chi connectivity index (χ0) is 13.0. The lowest BCUT2D eigenvalue weighted by molar-refractivity contribution is 0.194. The molecule has 0 aliphatic carbocycles. The molecule has 0 spiro atoms. The number of ether oxygens (including phenoxy) is 1. The topological polar surface area (TPSA) is 87.1 Å². The highest BCUT2D eigenvalue weighted by Gasteiger charge is 2.15. The van der Waals surface area contributed by atoms with Crippen molar-refractivity contribution >= 4 is 11.3 Å². The molecule has 0 aromatic carbocycles. The molecule has 7 heteroatoms. The summed E-state index contributed by atoms with van der Waals surface area (Å²) in [6, 6.07) is 0. The van der Waals surface area contributed by atoms with Crippen LogP contribution in [-0.4, -0.2) is 28.8 Å². The molecule has 6 nitrogen and oxygen atoms in total. The van der Waals surface area contributed by atoms with Gasteiger partial charge in [0.2, 0.25) is 0 Å². The number of nitrogens with two attached hydrogens (primary N) is 1. The standard InChI is InChI=1S/C11H16N4O2S/c1-7-10(18-9(6-12)13-7)11-14-8(15-17-11)4-3-5-16-2/h3-6,12H2,1-2H3. The zero-order valence-electron chi connectivity index (χ0n) is 10.5. The highest BCUT2D eigenvalue weighted by molar-refractivity contribution is 7.15. The highest BCUT2D eigenvalue weighted by Crippen LogP contribution is 2.28. The van der Waals surface area contributed by atoms with Crippen molar-refractivity contribution in [1.29, 1.82) is 0 Å². The van der Waals surface area contributed by atoms with Crippen LogP contribution in [0.1, 0.15) is 22.9 Å². The lowest BCUT2D eigenvalue weighted by Crippen LogP contribution is -1.94. The molecule has 0 amide bonds. The first kappa shape index (κ1) is 13.1. The number of aryl methyl sites for hydroxylation is 2. The molecule has 0 unspecified atom stereocenters. The summed E-state index contributed by atoms with van der Waals surface area (Å²) in [6.45, 7) is 3.04. The van der Waals surface area contributed by atoms with E-state index in [1.54, 1.807) is 7.11 Å². The summed E-state index contributed by atoms with van der Waals surface area (Å²) in [5.41, 5.74) is 6.45. The van der Waals surface area contributed by atoms with Crippen LogP contribution in [0.4, 0.5) is 0 Å². The SMILES string of the molecule is COCCCc1noc(-c2sc(CN)nc2C)n1. The molecule has 2 aromatic heterocycles. The normalized spacial score (nSPS) is 11.1. The van der Waals surface area contributed by atoms with E-state index in [2.05, 4.69) is 15.1 Å². The van der Waals surface area contributed by atoms with Gasteiger partial charge in [0.1, 0.15) is 9.88 Å². The Bertz CT molecular complexity index is 509. The predicted molar refractivity (Wildman–Crippen MR) is 68.2 cm³/mol. The van der Waals surface area contributed by atoms with Gasteiger partial charge in [0, 0.05) is 26.7 Å². The molecular weight excluding hydrogens is 252 g/mol. The monoisotopic (exact) mass is 268 g/mol. The maximum atomic E-state index is 5.56. The lowest BCUT2D eigenvalue weighted by Gasteiger charge is -1.93. The fraction of sp³-hybridized carbons (Fsp3) is 0.545. The lowest BCUT2D eigenvalue weighted by atomic mass is 10.3. The number of thiazole rings is 1. The van der Waals surface area contributed by atoms with Crippen LogP contribution < -0.4 is 5.73 Å². The second-order valence-electron chi connectivity index (χ2n) is 3.84. The van der Waals surface area contributed by atoms with E-state index in [-0.39, 0.29) is 0 Å². The van der Waals surface area contributed by atoms with E-state index in [9.17, 15) is 0 Å². The second kappa shape index (κ2) is 6.03. The number of methoxy groups -OCH3 is 1. The maximum Gasteiger partial charge on any atom is 0.269 e. The first-order valence-corrected chi connectivity index (χ1v) is 6.54. The van der Waals surface area contributed by atoms with E-state index in [1.807, 2.05) is 6.92 Å². The van der Waals surface area contributed by atoms with E-state index < -0.39 is 0 Å². The minimum atomic E-state index is 0.431. The van der Waals surface area contributed by atoms with Crippen molar-refractivity contribution < 1.29 is 9.26 Å². The molecule has 0 bridgehead atoms. The zero-order valence-corrected chi connectivity index (χ0v) is 11.3. The number of nitrogens with zero attached hydrogens (tertiary/aromatic N) is 3. The van der Waals surface area contributed by atoms with Crippen molar-refractivity contribution in [3.05, 3.63) is 16.5 Å². The van der Waals surface area contributed by atoms with Crippen molar-refractivity contribution in [2.75, 3.05) is 13.7 Å². The maximum absolute atomic E-state index is 5.56. The summed E-state index contributed by atoms with van der Waals surface area (Å²) < 4.78 is 10.2. The van der Waals surface area contributed by atoms with Crippen LogP contribution in [0.2, 0.25) is 0 Å². The highest BCUT2D eigenvalue weighted by atomic mass is 32.1. The minimum absolute atomic E-state index is 0.431. The van der Waals surface area contributed by atoms with Gasteiger partial charge in [-0.2, -0.15) is 4.98 Å². The van der Waals surface area contributed by atoms with Gasteiger partial charge in [-0.3, -0.25) is 0 Å². The Morgan fingerprint density at radius 1 is 1.39 bits per heavy atom. The Balaban J connectivity index is 2.11. The van der Waals surface area contributed by atoms with Gasteiger partial charge in [0.15, 0.2) is 5.82 Å². The van der Waals surface area contributed by atoms with Gasteiger partial charge in [-0.1, -0.05) is 5.16 Å². The summed E-state index contributed by atoms with van der Waals surface area (Å²) in [4.78, 5) is 9.60. The van der Waals surface area contributed by atoms with Crippen LogP contribution in [0.3, 0.4) is 0 Å². The molecule has 0 saturated heterocycles. The van der Waals surface area contributed by atoms with Crippen LogP contribution in [0.15, 0.2) is 4.52 Å². The van der Waals surface area contributed by atoms with Crippen LogP contribution >= 0.6 is 11.3 Å².